The number of rotatable bonds is 4. The van der Waals surface area contributed by atoms with E-state index in [0.717, 1.165) is 39.2 Å². The molecule has 0 saturated carbocycles. The van der Waals surface area contributed by atoms with E-state index in [-0.39, 0.29) is 11.9 Å². The Labute approximate surface area is 166 Å². The van der Waals surface area contributed by atoms with Crippen molar-refractivity contribution >= 4 is 27.7 Å². The minimum Gasteiger partial charge on any atom is -0.280 e. The summed E-state index contributed by atoms with van der Waals surface area (Å²) in [6, 6.07) is 9.85. The molecule has 1 atom stereocenters. The average Bonchev–Trinajstić information content (AvgIpc) is 3.23. The van der Waals surface area contributed by atoms with Crippen LogP contribution in [0.5, 0.6) is 0 Å². The molecular weight excluding hydrogens is 406 g/mol. The molecule has 1 unspecified atom stereocenters. The van der Waals surface area contributed by atoms with Crippen LogP contribution in [0.3, 0.4) is 0 Å². The first kappa shape index (κ1) is 18.0. The van der Waals surface area contributed by atoms with E-state index in [4.69, 9.17) is 0 Å². The van der Waals surface area contributed by atoms with Crippen molar-refractivity contribution in [2.45, 2.75) is 33.2 Å². The number of hydrogen-bond donors (Lipinski definition) is 1. The van der Waals surface area contributed by atoms with Crippen LogP contribution in [0.25, 0.3) is 0 Å². The van der Waals surface area contributed by atoms with Gasteiger partial charge in [0.2, 0.25) is 0 Å². The lowest BCUT2D eigenvalue weighted by Gasteiger charge is -2.26. The molecule has 0 fully saturated rings. The number of H-pyrrole nitrogens is 1. The van der Waals surface area contributed by atoms with Crippen molar-refractivity contribution in [3.63, 3.8) is 0 Å². The lowest BCUT2D eigenvalue weighted by atomic mass is 9.95. The smallest absolute Gasteiger partial charge is 0.278 e. The number of aromatic nitrogens is 4. The van der Waals surface area contributed by atoms with E-state index in [0.29, 0.717) is 11.6 Å². The molecule has 0 spiro atoms. The predicted molar refractivity (Wildman–Crippen MR) is 108 cm³/mol. The monoisotopic (exact) mass is 427 g/mol. The molecule has 1 amide bonds. The molecule has 140 valence electrons. The molecule has 4 rings (SSSR count). The fraction of sp³-hybridized carbons (Fsp3) is 0.350. The van der Waals surface area contributed by atoms with E-state index in [1.54, 1.807) is 4.68 Å². The molecule has 1 aromatic carbocycles. The van der Waals surface area contributed by atoms with Gasteiger partial charge in [0, 0.05) is 23.2 Å². The zero-order valence-electron chi connectivity index (χ0n) is 15.8. The number of benzene rings is 1. The summed E-state index contributed by atoms with van der Waals surface area (Å²) in [7, 11) is 1.87. The standard InChI is InChI=1S/C20H22BrN5O/c1-11(2)9-15-17-18(23-22-15)20(27)26(16-10-12(3)24-25(16)4)19(17)13-5-7-14(21)8-6-13/h5-8,10-11,19H,9H2,1-4H3,(H,22,23). The molecule has 1 N–H and O–H groups in total. The quantitative estimate of drug-likeness (QED) is 0.679. The third-order valence-corrected chi connectivity index (χ3v) is 5.39. The summed E-state index contributed by atoms with van der Waals surface area (Å²) >= 11 is 3.50. The fourth-order valence-electron chi connectivity index (χ4n) is 3.77. The van der Waals surface area contributed by atoms with Crippen LogP contribution >= 0.6 is 15.9 Å². The number of anilines is 1. The van der Waals surface area contributed by atoms with Gasteiger partial charge in [0.15, 0.2) is 0 Å². The number of aromatic amines is 1. The number of nitrogens with zero attached hydrogens (tertiary/aromatic N) is 4. The van der Waals surface area contributed by atoms with Crippen molar-refractivity contribution in [1.29, 1.82) is 0 Å². The van der Waals surface area contributed by atoms with Gasteiger partial charge >= 0.3 is 0 Å². The molecule has 0 aliphatic carbocycles. The van der Waals surface area contributed by atoms with Gasteiger partial charge in [-0.1, -0.05) is 41.9 Å². The highest BCUT2D eigenvalue weighted by molar-refractivity contribution is 9.10. The van der Waals surface area contributed by atoms with Crippen LogP contribution in [0.2, 0.25) is 0 Å². The molecule has 1 aliphatic heterocycles. The van der Waals surface area contributed by atoms with E-state index in [2.05, 4.69) is 57.2 Å². The Kier molecular flexibility index (Phi) is 4.42. The maximum absolute atomic E-state index is 13.3. The third-order valence-electron chi connectivity index (χ3n) is 4.86. The van der Waals surface area contributed by atoms with Crippen molar-refractivity contribution in [3.05, 3.63) is 63.0 Å². The second-order valence-electron chi connectivity index (χ2n) is 7.45. The molecule has 0 saturated heterocycles. The Morgan fingerprint density at radius 2 is 1.96 bits per heavy atom. The van der Waals surface area contributed by atoms with Crippen LogP contribution in [-0.2, 0) is 13.5 Å². The number of amides is 1. The lowest BCUT2D eigenvalue weighted by Crippen LogP contribution is -2.31. The summed E-state index contributed by atoms with van der Waals surface area (Å²) < 4.78 is 2.77. The van der Waals surface area contributed by atoms with Gasteiger partial charge in [-0.3, -0.25) is 19.5 Å². The average molecular weight is 428 g/mol. The molecular formula is C20H22BrN5O. The molecule has 2 aromatic heterocycles. The van der Waals surface area contributed by atoms with Gasteiger partial charge in [-0.2, -0.15) is 10.2 Å². The minimum absolute atomic E-state index is 0.0663. The van der Waals surface area contributed by atoms with Gasteiger partial charge in [-0.15, -0.1) is 0 Å². The summed E-state index contributed by atoms with van der Waals surface area (Å²) in [4.78, 5) is 15.1. The van der Waals surface area contributed by atoms with Crippen LogP contribution in [0.15, 0.2) is 34.8 Å². The highest BCUT2D eigenvalue weighted by atomic mass is 79.9. The largest absolute Gasteiger partial charge is 0.280 e. The van der Waals surface area contributed by atoms with Gasteiger partial charge in [-0.05, 0) is 37.0 Å². The molecule has 1 aliphatic rings. The number of fused-ring (bicyclic) bond motifs is 1. The lowest BCUT2D eigenvalue weighted by molar-refractivity contribution is 0.0987. The van der Waals surface area contributed by atoms with Crippen molar-refractivity contribution in [2.24, 2.45) is 13.0 Å². The van der Waals surface area contributed by atoms with Gasteiger partial charge < -0.3 is 0 Å². The Bertz CT molecular complexity index is 1000. The zero-order chi connectivity index (χ0) is 19.3. The van der Waals surface area contributed by atoms with Crippen molar-refractivity contribution < 1.29 is 4.79 Å². The number of hydrogen-bond acceptors (Lipinski definition) is 3. The van der Waals surface area contributed by atoms with Crippen LogP contribution in [0.1, 0.15) is 52.9 Å². The molecule has 3 heterocycles. The number of halogens is 1. The molecule has 0 radical (unpaired) electrons. The molecule has 27 heavy (non-hydrogen) atoms. The van der Waals surface area contributed by atoms with Gasteiger partial charge in [0.1, 0.15) is 11.5 Å². The third kappa shape index (κ3) is 3.00. The highest BCUT2D eigenvalue weighted by Gasteiger charge is 2.43. The summed E-state index contributed by atoms with van der Waals surface area (Å²) in [5, 5.41) is 11.9. The van der Waals surface area contributed by atoms with Crippen molar-refractivity contribution in [1.82, 2.24) is 20.0 Å². The first-order chi connectivity index (χ1) is 12.9. The summed E-state index contributed by atoms with van der Waals surface area (Å²) in [5.74, 6) is 1.17. The van der Waals surface area contributed by atoms with E-state index >= 15 is 0 Å². The number of aryl methyl sites for hydroxylation is 2. The van der Waals surface area contributed by atoms with Gasteiger partial charge in [0.25, 0.3) is 5.91 Å². The molecule has 6 nitrogen and oxygen atoms in total. The normalized spacial score (nSPS) is 16.4. The summed E-state index contributed by atoms with van der Waals surface area (Å²) in [5.41, 5.74) is 4.46. The minimum atomic E-state index is -0.220. The summed E-state index contributed by atoms with van der Waals surface area (Å²) in [6.45, 7) is 6.26. The van der Waals surface area contributed by atoms with Gasteiger partial charge in [0.05, 0.1) is 17.4 Å². The van der Waals surface area contributed by atoms with Crippen LogP contribution in [0, 0.1) is 12.8 Å². The van der Waals surface area contributed by atoms with E-state index < -0.39 is 0 Å². The zero-order valence-corrected chi connectivity index (χ0v) is 17.4. The molecule has 3 aromatic rings. The maximum atomic E-state index is 13.3. The van der Waals surface area contributed by atoms with Crippen LogP contribution in [0.4, 0.5) is 5.82 Å². The SMILES string of the molecule is Cc1cc(N2C(=O)c3[nH]nc(CC(C)C)c3C2c2ccc(Br)cc2)n(C)n1. The number of carbonyl (C=O) groups is 1. The van der Waals surface area contributed by atoms with E-state index in [1.165, 1.54) is 0 Å². The maximum Gasteiger partial charge on any atom is 0.278 e. The first-order valence-electron chi connectivity index (χ1n) is 9.03. The van der Waals surface area contributed by atoms with E-state index in [1.807, 2.05) is 37.1 Å². The Balaban J connectivity index is 1.91. The molecule has 0 bridgehead atoms. The fourth-order valence-corrected chi connectivity index (χ4v) is 4.04. The predicted octanol–water partition coefficient (Wildman–Crippen LogP) is 4.16. The summed E-state index contributed by atoms with van der Waals surface area (Å²) in [6.07, 6.45) is 0.824. The Morgan fingerprint density at radius 1 is 1.26 bits per heavy atom. The second kappa shape index (κ2) is 6.64. The first-order valence-corrected chi connectivity index (χ1v) is 9.83. The van der Waals surface area contributed by atoms with Gasteiger partial charge in [-0.25, -0.2) is 0 Å². The Hall–Kier alpha value is -2.41. The van der Waals surface area contributed by atoms with Crippen LogP contribution < -0.4 is 4.90 Å². The number of nitrogens with one attached hydrogen (secondary N) is 1. The second-order valence-corrected chi connectivity index (χ2v) is 8.37. The highest BCUT2D eigenvalue weighted by Crippen LogP contribution is 2.43. The van der Waals surface area contributed by atoms with Crippen LogP contribution in [-0.4, -0.2) is 25.9 Å². The topological polar surface area (TPSA) is 66.8 Å². The number of carbonyl (C=O) groups excluding carboxylic acids is 1. The van der Waals surface area contributed by atoms with E-state index in [9.17, 15) is 4.79 Å². The van der Waals surface area contributed by atoms with Crippen molar-refractivity contribution in [3.8, 4) is 0 Å². The molecule has 7 heteroatoms. The Morgan fingerprint density at radius 3 is 2.56 bits per heavy atom. The van der Waals surface area contributed by atoms with Crippen molar-refractivity contribution in [2.75, 3.05) is 4.90 Å².